The lowest BCUT2D eigenvalue weighted by atomic mass is 10.0. The fourth-order valence-electron chi connectivity index (χ4n) is 3.24. The van der Waals surface area contributed by atoms with Crippen LogP contribution in [0.2, 0.25) is 0 Å². The zero-order valence-corrected chi connectivity index (χ0v) is 18.0. The summed E-state index contributed by atoms with van der Waals surface area (Å²) >= 11 is 0. The molecule has 0 radical (unpaired) electrons. The maximum absolute atomic E-state index is 13.1. The highest BCUT2D eigenvalue weighted by molar-refractivity contribution is 7.91. The van der Waals surface area contributed by atoms with Gasteiger partial charge >= 0.3 is 6.18 Å². The number of pyridine rings is 1. The summed E-state index contributed by atoms with van der Waals surface area (Å²) in [5.74, 6) is -1.29. The second-order valence-corrected chi connectivity index (χ2v) is 9.70. The van der Waals surface area contributed by atoms with Crippen molar-refractivity contribution in [1.82, 2.24) is 20.1 Å². The van der Waals surface area contributed by atoms with Gasteiger partial charge in [-0.2, -0.15) is 23.0 Å². The topological polar surface area (TPSA) is 123 Å². The monoisotopic (exact) mass is 481 g/mol. The van der Waals surface area contributed by atoms with Crippen LogP contribution in [0.3, 0.4) is 0 Å². The van der Waals surface area contributed by atoms with Crippen molar-refractivity contribution >= 4 is 32.2 Å². The summed E-state index contributed by atoms with van der Waals surface area (Å²) in [7, 11) is -3.95. The number of nitrogens with one attached hydrogen (secondary N) is 2. The van der Waals surface area contributed by atoms with Gasteiger partial charge in [0.05, 0.1) is 40.7 Å². The molecule has 1 aliphatic heterocycles. The number of hydrogen-bond acceptors (Lipinski definition) is 7. The molecule has 4 rings (SSSR count). The van der Waals surface area contributed by atoms with Gasteiger partial charge in [0, 0.05) is 18.5 Å². The minimum Gasteiger partial charge on any atom is -0.324 e. The van der Waals surface area contributed by atoms with Crippen molar-refractivity contribution in [2.75, 3.05) is 24.2 Å². The number of fused-ring (bicyclic) bond motifs is 1. The Labute approximate surface area is 185 Å². The van der Waals surface area contributed by atoms with Gasteiger partial charge in [-0.3, -0.25) is 9.59 Å². The molecule has 0 atom stereocenters. The molecule has 9 nitrogen and oxygen atoms in total. The van der Waals surface area contributed by atoms with Gasteiger partial charge < -0.3 is 10.6 Å². The summed E-state index contributed by atoms with van der Waals surface area (Å²) in [5.41, 5.74) is -1.88. The van der Waals surface area contributed by atoms with E-state index >= 15 is 0 Å². The molecule has 3 heterocycles. The van der Waals surface area contributed by atoms with E-state index in [0.717, 1.165) is 24.4 Å². The second kappa shape index (κ2) is 8.23. The van der Waals surface area contributed by atoms with Crippen LogP contribution >= 0.6 is 0 Å². The minimum absolute atomic E-state index is 0.107. The van der Waals surface area contributed by atoms with Crippen LogP contribution in [-0.4, -0.2) is 47.9 Å². The van der Waals surface area contributed by atoms with Crippen molar-refractivity contribution in [2.24, 2.45) is 5.92 Å². The molecule has 174 valence electrons. The van der Waals surface area contributed by atoms with Gasteiger partial charge in [0.1, 0.15) is 4.90 Å². The number of carbonyl (C=O) groups excluding carboxylic acids is 1. The Balaban J connectivity index is 1.86. The first-order chi connectivity index (χ1) is 15.5. The Morgan fingerprint density at radius 3 is 2.58 bits per heavy atom. The number of benzene rings is 1. The number of amides is 1. The number of rotatable bonds is 5. The number of sulfone groups is 1. The van der Waals surface area contributed by atoms with E-state index in [-0.39, 0.29) is 44.8 Å². The lowest BCUT2D eigenvalue weighted by Crippen LogP contribution is -2.48. The third-order valence-corrected chi connectivity index (χ3v) is 7.01. The Morgan fingerprint density at radius 2 is 1.97 bits per heavy atom. The van der Waals surface area contributed by atoms with Gasteiger partial charge in [-0.05, 0) is 18.2 Å². The van der Waals surface area contributed by atoms with Crippen LogP contribution in [0.5, 0.6) is 0 Å². The van der Waals surface area contributed by atoms with E-state index in [9.17, 15) is 31.2 Å². The SMILES string of the molecule is CCS(=O)(=O)c1cc(NC(=O)C2CNC2)cnc1-n1ncc2ccc(C(F)(F)F)cc2c1=O. The van der Waals surface area contributed by atoms with Crippen molar-refractivity contribution < 1.29 is 26.4 Å². The first-order valence-corrected chi connectivity index (χ1v) is 11.5. The first kappa shape index (κ1) is 22.9. The molecule has 2 N–H and O–H groups in total. The molecule has 2 aromatic heterocycles. The molecular formula is C20H18F3N5O4S. The number of alkyl halides is 3. The summed E-state index contributed by atoms with van der Waals surface area (Å²) in [4.78, 5) is 28.8. The average molecular weight is 481 g/mol. The number of carbonyl (C=O) groups is 1. The van der Waals surface area contributed by atoms with Gasteiger partial charge in [-0.15, -0.1) is 0 Å². The van der Waals surface area contributed by atoms with Crippen LogP contribution in [0, 0.1) is 5.92 Å². The van der Waals surface area contributed by atoms with Gasteiger partial charge in [-0.1, -0.05) is 13.0 Å². The Bertz CT molecular complexity index is 1420. The van der Waals surface area contributed by atoms with Crippen LogP contribution in [0.15, 0.2) is 46.3 Å². The Hall–Kier alpha value is -3.32. The number of anilines is 1. The molecule has 0 unspecified atom stereocenters. The van der Waals surface area contributed by atoms with Gasteiger partial charge in [0.25, 0.3) is 5.56 Å². The van der Waals surface area contributed by atoms with E-state index in [1.165, 1.54) is 13.1 Å². The van der Waals surface area contributed by atoms with E-state index in [1.807, 2.05) is 0 Å². The molecule has 33 heavy (non-hydrogen) atoms. The molecule has 3 aromatic rings. The highest BCUT2D eigenvalue weighted by Crippen LogP contribution is 2.31. The van der Waals surface area contributed by atoms with E-state index in [2.05, 4.69) is 20.7 Å². The molecule has 1 saturated heterocycles. The van der Waals surface area contributed by atoms with Crippen LogP contribution in [0.4, 0.5) is 18.9 Å². The summed E-state index contributed by atoms with van der Waals surface area (Å²) in [6, 6.07) is 3.79. The number of aromatic nitrogens is 3. The molecule has 13 heteroatoms. The second-order valence-electron chi connectivity index (χ2n) is 7.45. The van der Waals surface area contributed by atoms with Crippen LogP contribution in [-0.2, 0) is 20.8 Å². The van der Waals surface area contributed by atoms with Crippen molar-refractivity contribution in [3.8, 4) is 5.82 Å². The Morgan fingerprint density at radius 1 is 1.24 bits per heavy atom. The van der Waals surface area contributed by atoms with Gasteiger partial charge in [0.15, 0.2) is 15.7 Å². The molecule has 0 spiro atoms. The molecular weight excluding hydrogens is 463 g/mol. The molecule has 1 aromatic carbocycles. The molecule has 0 aliphatic carbocycles. The zero-order valence-electron chi connectivity index (χ0n) is 17.2. The van der Waals surface area contributed by atoms with Crippen molar-refractivity contribution in [3.63, 3.8) is 0 Å². The third kappa shape index (κ3) is 4.33. The smallest absolute Gasteiger partial charge is 0.324 e. The van der Waals surface area contributed by atoms with Crippen molar-refractivity contribution in [2.45, 2.75) is 18.0 Å². The maximum Gasteiger partial charge on any atom is 0.416 e. The predicted octanol–water partition coefficient (Wildman–Crippen LogP) is 1.75. The van der Waals surface area contributed by atoms with Crippen molar-refractivity contribution in [3.05, 3.63) is 52.6 Å². The standard InChI is InChI=1S/C20H18F3N5O4S/c1-2-33(31,32)16-6-14(27-18(29)12-7-24-8-12)10-25-17(16)28-19(30)15-5-13(20(21,22)23)4-3-11(15)9-26-28/h3-6,9-10,12,24H,2,7-8H2,1H3,(H,27,29). The van der Waals surface area contributed by atoms with Crippen LogP contribution < -0.4 is 16.2 Å². The first-order valence-electron chi connectivity index (χ1n) is 9.85. The number of hydrogen-bond donors (Lipinski definition) is 2. The van der Waals surface area contributed by atoms with E-state index in [1.54, 1.807) is 0 Å². The molecule has 0 bridgehead atoms. The van der Waals surface area contributed by atoms with Gasteiger partial charge in [-0.25, -0.2) is 13.4 Å². The summed E-state index contributed by atoms with van der Waals surface area (Å²) < 4.78 is 65.5. The average Bonchev–Trinajstić information content (AvgIpc) is 2.72. The normalized spacial score (nSPS) is 14.8. The molecule has 0 saturated carbocycles. The van der Waals surface area contributed by atoms with Crippen LogP contribution in [0.1, 0.15) is 12.5 Å². The van der Waals surface area contributed by atoms with Gasteiger partial charge in [0.2, 0.25) is 5.91 Å². The highest BCUT2D eigenvalue weighted by atomic mass is 32.2. The number of nitrogens with zero attached hydrogens (tertiary/aromatic N) is 3. The fraction of sp³-hybridized carbons (Fsp3) is 0.300. The molecule has 1 amide bonds. The molecule has 1 aliphatic rings. The predicted molar refractivity (Wildman–Crippen MR) is 113 cm³/mol. The quantitative estimate of drug-likeness (QED) is 0.569. The van der Waals surface area contributed by atoms with Crippen molar-refractivity contribution in [1.29, 1.82) is 0 Å². The summed E-state index contributed by atoms with van der Waals surface area (Å²) in [6.07, 6.45) is -2.35. The Kier molecular flexibility index (Phi) is 5.70. The van der Waals surface area contributed by atoms with E-state index in [0.29, 0.717) is 23.8 Å². The zero-order chi connectivity index (χ0) is 24.0. The third-order valence-electron chi connectivity index (χ3n) is 5.28. The largest absolute Gasteiger partial charge is 0.416 e. The highest BCUT2D eigenvalue weighted by Gasteiger charge is 2.31. The van der Waals surface area contributed by atoms with E-state index < -0.39 is 27.1 Å². The molecule has 1 fully saturated rings. The lowest BCUT2D eigenvalue weighted by molar-refractivity contribution is -0.137. The minimum atomic E-state index is -4.67. The lowest BCUT2D eigenvalue weighted by Gasteiger charge is -2.25. The fourth-order valence-corrected chi connectivity index (χ4v) is 4.27. The van der Waals surface area contributed by atoms with Crippen LogP contribution in [0.25, 0.3) is 16.6 Å². The van der Waals surface area contributed by atoms with E-state index in [4.69, 9.17) is 0 Å². The maximum atomic E-state index is 13.1. The summed E-state index contributed by atoms with van der Waals surface area (Å²) in [5, 5.41) is 9.32. The summed E-state index contributed by atoms with van der Waals surface area (Å²) in [6.45, 7) is 2.37. The number of halogens is 3.